The number of ether oxygens (including phenoxy) is 1. The first-order valence-electron chi connectivity index (χ1n) is 48.8. The Morgan fingerprint density at radius 1 is 0.448 bits per heavy atom. The quantitative estimate of drug-likeness (QED) is 0.0444. The van der Waals surface area contributed by atoms with Crippen molar-refractivity contribution in [2.24, 2.45) is 0 Å². The van der Waals surface area contributed by atoms with Crippen molar-refractivity contribution in [3.8, 4) is 50.9 Å². The predicted octanol–water partition coefficient (Wildman–Crippen LogP) is 15.0. The third-order valence-electron chi connectivity index (χ3n) is 16.2. The van der Waals surface area contributed by atoms with E-state index in [9.17, 15) is 48.0 Å². The van der Waals surface area contributed by atoms with Gasteiger partial charge in [0.2, 0.25) is 0 Å². The largest absolute Gasteiger partial charge is 0.510 e. The molecule has 16 rings (SSSR count). The molecule has 0 fully saturated rings. The second-order valence-corrected chi connectivity index (χ2v) is 29.6. The van der Waals surface area contributed by atoms with Crippen molar-refractivity contribution in [1.29, 1.82) is 0 Å². The van der Waals surface area contributed by atoms with Gasteiger partial charge in [-0.1, -0.05) is 310 Å². The SMILES string of the molecule is [2H]c1c([2H])c([2H])c(-c2cc(-c3c([2H])c([2H])c([2H])c([Si](c4c([2H])c([2H])c([2H])c([2H])c4[2H])(c4c([2H])c([2H])c([2H])c([2H])c4[2H])c4c([2H])c([2H])c([2H])c([2H])c4[2H])c3[2H])c(-[n+]3[c-]n(-c4[c-]c(Oc5[c-]c6c(cc5)c5ccccc5n6-c5cc(C(C)(C)C)ccn5)ccc4)c4ccccc43)c([Si](c3c([2H])c([2H])c([2H])c([2H])c3[2H])(c3c([2H])c([2H])c([2H])c([2H])c3[2H])c3c([2H])c([2H])c([2H])c([2H])c3[2H])c2)c([2H])c1[2H].[Pt]. The second-order valence-electron chi connectivity index (χ2n) is 22.5. The number of imidazole rings is 1. The van der Waals surface area contributed by atoms with Gasteiger partial charge in [0.15, 0.2) is 16.1 Å². The molecule has 464 valence electrons. The van der Waals surface area contributed by atoms with E-state index < -0.39 is 321 Å². The van der Waals surface area contributed by atoms with Crippen LogP contribution >= 0.6 is 0 Å². The number of rotatable bonds is 15. The van der Waals surface area contributed by atoms with Crippen LogP contribution in [0.1, 0.15) is 79.8 Å². The average Bonchev–Trinajstić information content (AvgIpc) is 1.20. The van der Waals surface area contributed by atoms with E-state index in [-0.39, 0.29) is 54.7 Å². The maximum absolute atomic E-state index is 11.6. The summed E-state index contributed by atoms with van der Waals surface area (Å²) < 4.78 is 394. The molecule has 0 saturated carbocycles. The molecule has 0 unspecified atom stereocenters. The zero-order valence-corrected chi connectivity index (χ0v) is 54.7. The Kier molecular flexibility index (Phi) is 8.51. The molecule has 96 heavy (non-hydrogen) atoms. The Labute approximate surface area is 632 Å². The van der Waals surface area contributed by atoms with Gasteiger partial charge in [-0.25, -0.2) is 4.98 Å². The van der Waals surface area contributed by atoms with Crippen molar-refractivity contribution in [2.45, 2.75) is 26.2 Å². The minimum atomic E-state index is -7.06. The second kappa shape index (κ2) is 25.8. The molecular weight excluding hydrogens is 1380 g/mol. The van der Waals surface area contributed by atoms with Crippen LogP contribution in [-0.2, 0) is 26.5 Å². The van der Waals surface area contributed by atoms with Gasteiger partial charge in [0, 0.05) is 44.3 Å². The van der Waals surface area contributed by atoms with Gasteiger partial charge in [0.25, 0.3) is 6.33 Å². The summed E-state index contributed by atoms with van der Waals surface area (Å²) in [5, 5.41) is -8.79. The number of para-hydroxylation sites is 3. The van der Waals surface area contributed by atoms with Crippen molar-refractivity contribution in [1.82, 2.24) is 14.1 Å². The van der Waals surface area contributed by atoms with Gasteiger partial charge < -0.3 is 13.9 Å². The first kappa shape index (κ1) is 31.6. The molecule has 0 spiro atoms. The molecule has 0 amide bonds. The van der Waals surface area contributed by atoms with Crippen LogP contribution in [0, 0.1) is 18.5 Å². The molecule has 13 aromatic carbocycles. The van der Waals surface area contributed by atoms with Gasteiger partial charge in [-0.05, 0) is 110 Å². The molecule has 0 aliphatic rings. The van der Waals surface area contributed by atoms with Gasteiger partial charge in [-0.15, -0.1) is 29.7 Å². The van der Waals surface area contributed by atoms with Gasteiger partial charge >= 0.3 is 0 Å². The molecule has 3 heterocycles. The summed E-state index contributed by atoms with van der Waals surface area (Å²) in [6.45, 7) is 6.16. The van der Waals surface area contributed by atoms with Crippen molar-refractivity contribution < 1.29 is 83.8 Å². The molecule has 3 aromatic heterocycles. The van der Waals surface area contributed by atoms with Crippen LogP contribution in [0.15, 0.2) is 345 Å². The minimum Gasteiger partial charge on any atom is -0.510 e. The van der Waals surface area contributed by atoms with E-state index in [0.29, 0.717) is 11.3 Å². The van der Waals surface area contributed by atoms with Crippen LogP contribution in [0.25, 0.3) is 72.3 Å². The summed E-state index contributed by atoms with van der Waals surface area (Å²) >= 11 is 0. The molecule has 0 aliphatic heterocycles. The summed E-state index contributed by atoms with van der Waals surface area (Å²) in [4.78, 5) is 4.80. The van der Waals surface area contributed by atoms with Crippen LogP contribution in [0.3, 0.4) is 0 Å². The van der Waals surface area contributed by atoms with E-state index in [2.05, 4.69) is 39.2 Å². The monoisotopic (exact) mass is 1480 g/mol. The summed E-state index contributed by atoms with van der Waals surface area (Å²) in [7, 11) is -14.0. The topological polar surface area (TPSA) is 35.9 Å². The normalized spacial score (nSPS) is 17.5. The molecule has 0 bridgehead atoms. The Morgan fingerprint density at radius 3 is 1.54 bits per heavy atom. The van der Waals surface area contributed by atoms with Crippen molar-refractivity contribution in [3.63, 3.8) is 0 Å². The Bertz CT molecular complexity index is 7400. The summed E-state index contributed by atoms with van der Waals surface area (Å²) in [6.07, 6.45) is 4.91. The molecule has 0 N–H and O–H groups in total. The van der Waals surface area contributed by atoms with Gasteiger partial charge in [0.05, 0.1) is 70.2 Å². The van der Waals surface area contributed by atoms with Crippen molar-refractivity contribution in [3.05, 3.63) is 369 Å². The third-order valence-corrected chi connectivity index (χ3v) is 24.4. The number of benzene rings is 13. The average molecular weight is 1490 g/mol. The third kappa shape index (κ3) is 10.8. The van der Waals surface area contributed by atoms with Crippen LogP contribution in [0.5, 0.6) is 11.5 Å². The smallest absolute Gasteiger partial charge is 0.268 e. The number of hydrogen-bond acceptors (Lipinski definition) is 2. The first-order valence-corrected chi connectivity index (χ1v) is 33.3. The van der Waals surface area contributed by atoms with Crippen molar-refractivity contribution in [2.75, 3.05) is 0 Å². The van der Waals surface area contributed by atoms with E-state index in [1.54, 1.807) is 12.3 Å². The fraction of sp³-hybridized carbons (Fsp3) is 0.0455. The molecular formula is C88H66N4OPtSi2-2. The van der Waals surface area contributed by atoms with E-state index in [1.165, 1.54) is 47.0 Å². The number of aromatic nitrogens is 4. The maximum Gasteiger partial charge on any atom is 0.268 e. The van der Waals surface area contributed by atoms with E-state index >= 15 is 0 Å². The van der Waals surface area contributed by atoms with Gasteiger partial charge in [-0.2, -0.15) is 18.2 Å². The van der Waals surface area contributed by atoms with E-state index in [4.69, 9.17) is 15.2 Å². The molecule has 16 aromatic rings. The number of pyridine rings is 1. The zero-order valence-electron chi connectivity index (χ0n) is 89.4. The summed E-state index contributed by atoms with van der Waals surface area (Å²) in [5.41, 5.74) is -3.79. The zero-order chi connectivity index (χ0) is 97.9. The number of nitrogens with zero attached hydrogens (tertiary/aromatic N) is 4. The Balaban J connectivity index is 0.0000139. The Hall–Kier alpha value is -10.8. The predicted molar refractivity (Wildman–Crippen MR) is 397 cm³/mol. The van der Waals surface area contributed by atoms with Crippen LogP contribution in [-0.4, -0.2) is 30.3 Å². The Morgan fingerprint density at radius 2 is 0.958 bits per heavy atom. The van der Waals surface area contributed by atoms with Gasteiger partial charge in [-0.3, -0.25) is 4.57 Å². The van der Waals surface area contributed by atoms with Crippen LogP contribution < -0.4 is 50.8 Å². The fourth-order valence-corrected chi connectivity index (χ4v) is 19.6. The molecule has 0 atom stereocenters. The van der Waals surface area contributed by atoms with E-state index in [1.807, 2.05) is 47.0 Å². The van der Waals surface area contributed by atoms with E-state index in [0.717, 1.165) is 38.6 Å². The van der Waals surface area contributed by atoms with Crippen LogP contribution in [0.4, 0.5) is 0 Å². The molecule has 0 saturated heterocycles. The van der Waals surface area contributed by atoms with Gasteiger partial charge in [0.1, 0.15) is 5.82 Å². The molecule has 8 heteroatoms. The molecule has 0 radical (unpaired) electrons. The molecule has 0 aliphatic carbocycles. The number of hydrogen-bond donors (Lipinski definition) is 0. The summed E-state index contributed by atoms with van der Waals surface area (Å²) in [5.74, 6) is 0.567. The number of fused-ring (bicyclic) bond motifs is 4. The molecule has 5 nitrogen and oxygen atoms in total. The van der Waals surface area contributed by atoms with Crippen molar-refractivity contribution >= 4 is 90.5 Å². The first-order chi connectivity index (χ1) is 62.9. The summed E-state index contributed by atoms with van der Waals surface area (Å²) in [6, 6.07) is -19.2. The van der Waals surface area contributed by atoms with Crippen LogP contribution in [0.2, 0.25) is 0 Å². The maximum atomic E-state index is 11.6. The standard InChI is InChI=1S/C88H66N4OSi2.Pt/c1-88(2,3)67-55-56-89-86(60-67)92-81-50-26-25-49-78(81)79-54-53-70(62-84(79)92)93-69-35-30-34-68(61-69)90-63-91(83-52-28-27-51-82(83)90)87-80(65-33-29-48-77(57-65)94(71-36-13-5-14-37-71,72-38-15-6-16-39-72)73-40-17-7-18-41-73)58-66(64-31-11-4-12-32-64)59-85(87)95(74-42-19-8-20-43-74,75-44-21-9-22-45-75)76-46-23-10-24-47-76;/h4-60H,1-3H3;/q-2;/i4D,5D,6D,7D,8D,9D,10D,11D,12D,13D,14D,15D,16D,17D,18D,19D,20D,21D,22D,23D,24D,29D,31D,32D,33D,36D,37D,38D,39D,40D,41D,42D,43D,44D,45D,46D,47D,48D,57D;. The minimum absolute atomic E-state index is 0. The fourth-order valence-electron chi connectivity index (χ4n) is 12.0.